The average Bonchev–Trinajstić information content (AvgIpc) is 2.73. The van der Waals surface area contributed by atoms with Crippen molar-refractivity contribution in [2.24, 2.45) is 0 Å². The number of rotatable bonds is 4. The van der Waals surface area contributed by atoms with Crippen molar-refractivity contribution in [3.05, 3.63) is 59.7 Å². The van der Waals surface area contributed by atoms with Gasteiger partial charge in [0.15, 0.2) is 0 Å². The molecule has 5 nitrogen and oxygen atoms in total. The Morgan fingerprint density at radius 2 is 1.90 bits per heavy atom. The van der Waals surface area contributed by atoms with Crippen molar-refractivity contribution in [1.29, 1.82) is 0 Å². The Kier molecular flexibility index (Phi) is 5.50. The number of hydrogen-bond acceptors (Lipinski definition) is 4. The van der Waals surface area contributed by atoms with E-state index in [9.17, 15) is 4.79 Å². The number of piperidine rings is 1. The maximum Gasteiger partial charge on any atom is 0.253 e. The highest BCUT2D eigenvalue weighted by Gasteiger charge is 2.44. The van der Waals surface area contributed by atoms with Crippen LogP contribution in [0.25, 0.3) is 0 Å². The zero-order valence-corrected chi connectivity index (χ0v) is 17.4. The van der Waals surface area contributed by atoms with E-state index in [4.69, 9.17) is 14.2 Å². The molecule has 1 fully saturated rings. The summed E-state index contributed by atoms with van der Waals surface area (Å²) in [6, 6.07) is 15.5. The van der Waals surface area contributed by atoms with Crippen LogP contribution < -0.4 is 9.47 Å². The number of amides is 1. The van der Waals surface area contributed by atoms with Crippen molar-refractivity contribution in [3.8, 4) is 11.5 Å². The molecule has 2 heterocycles. The molecular formula is C24H29NO4. The van der Waals surface area contributed by atoms with Crippen molar-refractivity contribution < 1.29 is 19.0 Å². The van der Waals surface area contributed by atoms with Crippen molar-refractivity contribution in [2.75, 3.05) is 20.2 Å². The van der Waals surface area contributed by atoms with Crippen LogP contribution >= 0.6 is 0 Å². The first-order chi connectivity index (χ1) is 14.0. The van der Waals surface area contributed by atoms with Gasteiger partial charge in [0, 0.05) is 43.5 Å². The first-order valence-electron chi connectivity index (χ1n) is 10.4. The second-order valence-corrected chi connectivity index (χ2v) is 8.22. The fourth-order valence-corrected chi connectivity index (χ4v) is 4.37. The number of hydrogen-bond donors (Lipinski definition) is 0. The molecule has 2 aromatic carbocycles. The number of benzene rings is 2. The van der Waals surface area contributed by atoms with Crippen molar-refractivity contribution >= 4 is 5.91 Å². The van der Waals surface area contributed by atoms with Crippen LogP contribution in [0, 0.1) is 0 Å². The van der Waals surface area contributed by atoms with E-state index < -0.39 is 0 Å². The fourth-order valence-electron chi connectivity index (χ4n) is 4.37. The topological polar surface area (TPSA) is 48.0 Å². The Morgan fingerprint density at radius 3 is 2.62 bits per heavy atom. The van der Waals surface area contributed by atoms with Gasteiger partial charge in [-0.2, -0.15) is 0 Å². The summed E-state index contributed by atoms with van der Waals surface area (Å²) in [4.78, 5) is 14.9. The lowest BCUT2D eigenvalue weighted by molar-refractivity contribution is -0.0872. The molecule has 1 atom stereocenters. The minimum Gasteiger partial charge on any atom is -0.497 e. The maximum absolute atomic E-state index is 13.0. The van der Waals surface area contributed by atoms with Crippen molar-refractivity contribution in [1.82, 2.24) is 4.90 Å². The van der Waals surface area contributed by atoms with E-state index in [1.165, 1.54) is 0 Å². The molecule has 29 heavy (non-hydrogen) atoms. The summed E-state index contributed by atoms with van der Waals surface area (Å²) >= 11 is 0. The number of likely N-dealkylation sites (tertiary alicyclic amines) is 1. The monoisotopic (exact) mass is 395 g/mol. The van der Waals surface area contributed by atoms with Crippen LogP contribution in [-0.2, 0) is 4.74 Å². The third-order valence-electron chi connectivity index (χ3n) is 5.86. The smallest absolute Gasteiger partial charge is 0.253 e. The molecule has 1 unspecified atom stereocenters. The number of methoxy groups -OCH3 is 1. The lowest BCUT2D eigenvalue weighted by Gasteiger charge is -2.47. The molecule has 5 heteroatoms. The lowest BCUT2D eigenvalue weighted by Crippen LogP contribution is -2.52. The molecule has 1 spiro atoms. The molecule has 4 rings (SSSR count). The Bertz CT molecular complexity index is 871. The van der Waals surface area contributed by atoms with Gasteiger partial charge in [-0.1, -0.05) is 24.3 Å². The Morgan fingerprint density at radius 1 is 1.14 bits per heavy atom. The molecule has 0 N–H and O–H groups in total. The zero-order valence-electron chi connectivity index (χ0n) is 17.4. The van der Waals surface area contributed by atoms with E-state index in [2.05, 4.69) is 19.9 Å². The summed E-state index contributed by atoms with van der Waals surface area (Å²) in [5, 5.41) is 0. The zero-order chi connectivity index (χ0) is 20.4. The highest BCUT2D eigenvalue weighted by molar-refractivity contribution is 5.94. The predicted octanol–water partition coefficient (Wildman–Crippen LogP) is 4.62. The molecule has 2 aliphatic heterocycles. The van der Waals surface area contributed by atoms with Gasteiger partial charge in [-0.25, -0.2) is 0 Å². The number of fused-ring (bicyclic) bond motifs is 1. The van der Waals surface area contributed by atoms with Gasteiger partial charge >= 0.3 is 0 Å². The second-order valence-electron chi connectivity index (χ2n) is 8.22. The Labute approximate surface area is 172 Å². The second kappa shape index (κ2) is 8.07. The first kappa shape index (κ1) is 19.8. The van der Waals surface area contributed by atoms with Gasteiger partial charge in [-0.15, -0.1) is 0 Å². The SMILES string of the molecule is COc1cccc(C(=O)N2CCC3(CC2)CC(OC(C)C)c2ccccc2O3)c1. The summed E-state index contributed by atoms with van der Waals surface area (Å²) in [7, 11) is 1.61. The summed E-state index contributed by atoms with van der Waals surface area (Å²) in [6.07, 6.45) is 2.60. The molecule has 1 amide bonds. The highest BCUT2D eigenvalue weighted by Crippen LogP contribution is 2.46. The van der Waals surface area contributed by atoms with E-state index in [0.717, 1.165) is 30.6 Å². The van der Waals surface area contributed by atoms with Crippen LogP contribution in [0.4, 0.5) is 0 Å². The van der Waals surface area contributed by atoms with Crippen molar-refractivity contribution in [3.63, 3.8) is 0 Å². The van der Waals surface area contributed by atoms with Crippen LogP contribution in [0.2, 0.25) is 0 Å². The average molecular weight is 395 g/mol. The fraction of sp³-hybridized carbons (Fsp3) is 0.458. The van der Waals surface area contributed by atoms with E-state index in [1.807, 2.05) is 41.3 Å². The lowest BCUT2D eigenvalue weighted by atomic mass is 9.81. The quantitative estimate of drug-likeness (QED) is 0.758. The van der Waals surface area contributed by atoms with Crippen LogP contribution in [0.5, 0.6) is 11.5 Å². The maximum atomic E-state index is 13.0. The predicted molar refractivity (Wildman–Crippen MR) is 112 cm³/mol. The summed E-state index contributed by atoms with van der Waals surface area (Å²) < 4.78 is 18.0. The molecule has 0 saturated carbocycles. The van der Waals surface area contributed by atoms with Gasteiger partial charge in [0.25, 0.3) is 5.91 Å². The summed E-state index contributed by atoms with van der Waals surface area (Å²) in [6.45, 7) is 5.49. The molecular weight excluding hydrogens is 366 g/mol. The summed E-state index contributed by atoms with van der Waals surface area (Å²) in [5.41, 5.74) is 1.51. The highest BCUT2D eigenvalue weighted by atomic mass is 16.5. The molecule has 2 aliphatic rings. The standard InChI is InChI=1S/C24H29NO4/c1-17(2)28-22-16-24(29-21-10-5-4-9-20(21)22)11-13-25(14-12-24)23(26)18-7-6-8-19(15-18)27-3/h4-10,15,17,22H,11-14,16H2,1-3H3. The van der Waals surface area contributed by atoms with E-state index in [1.54, 1.807) is 13.2 Å². The van der Waals surface area contributed by atoms with Crippen LogP contribution in [0.3, 0.4) is 0 Å². The third-order valence-corrected chi connectivity index (χ3v) is 5.86. The van der Waals surface area contributed by atoms with E-state index >= 15 is 0 Å². The van der Waals surface area contributed by atoms with E-state index in [-0.39, 0.29) is 23.7 Å². The minimum atomic E-state index is -0.279. The largest absolute Gasteiger partial charge is 0.497 e. The van der Waals surface area contributed by atoms with Gasteiger partial charge in [0.2, 0.25) is 0 Å². The number of carbonyl (C=O) groups excluding carboxylic acids is 1. The van der Waals surface area contributed by atoms with Gasteiger partial charge in [0.05, 0.1) is 19.3 Å². The normalized spacial score (nSPS) is 20.3. The van der Waals surface area contributed by atoms with Crippen molar-refractivity contribution in [2.45, 2.75) is 50.9 Å². The number of ether oxygens (including phenoxy) is 3. The number of carbonyl (C=O) groups is 1. The van der Waals surface area contributed by atoms with E-state index in [0.29, 0.717) is 24.4 Å². The number of nitrogens with zero attached hydrogens (tertiary/aromatic N) is 1. The molecule has 1 saturated heterocycles. The third kappa shape index (κ3) is 4.10. The Hall–Kier alpha value is -2.53. The summed E-state index contributed by atoms with van der Waals surface area (Å²) in [5.74, 6) is 1.66. The first-order valence-corrected chi connectivity index (χ1v) is 10.4. The molecule has 2 aromatic rings. The van der Waals surface area contributed by atoms with Crippen LogP contribution in [0.1, 0.15) is 55.1 Å². The molecule has 154 valence electrons. The van der Waals surface area contributed by atoms with Crippen LogP contribution in [0.15, 0.2) is 48.5 Å². The van der Waals surface area contributed by atoms with Crippen LogP contribution in [-0.4, -0.2) is 42.7 Å². The molecule has 0 aliphatic carbocycles. The van der Waals surface area contributed by atoms with Gasteiger partial charge < -0.3 is 19.1 Å². The molecule has 0 aromatic heterocycles. The van der Waals surface area contributed by atoms with Gasteiger partial charge in [-0.3, -0.25) is 4.79 Å². The molecule has 0 bridgehead atoms. The number of para-hydroxylation sites is 1. The Balaban J connectivity index is 1.49. The molecule has 0 radical (unpaired) electrons. The van der Waals surface area contributed by atoms with Gasteiger partial charge in [-0.05, 0) is 38.1 Å². The minimum absolute atomic E-state index is 0.0283. The van der Waals surface area contributed by atoms with Gasteiger partial charge in [0.1, 0.15) is 17.1 Å².